The highest BCUT2D eigenvalue weighted by Crippen LogP contribution is 2.03. The van der Waals surface area contributed by atoms with E-state index in [-0.39, 0.29) is 5.84 Å². The number of nitrogens with one attached hydrogen (secondary N) is 1. The normalized spacial score (nSPS) is 10.7. The van der Waals surface area contributed by atoms with Crippen LogP contribution in [-0.2, 0) is 6.54 Å². The van der Waals surface area contributed by atoms with E-state index in [9.17, 15) is 0 Å². The zero-order chi connectivity index (χ0) is 11.8. The van der Waals surface area contributed by atoms with Crippen molar-refractivity contribution < 1.29 is 5.21 Å². The average Bonchev–Trinajstić information content (AvgIpc) is 2.34. The Balaban J connectivity index is 2.53. The highest BCUT2D eigenvalue weighted by atomic mass is 16.4. The summed E-state index contributed by atoms with van der Waals surface area (Å²) in [6.45, 7) is 3.25. The van der Waals surface area contributed by atoms with Crippen LogP contribution in [-0.4, -0.2) is 17.6 Å². The molecule has 1 rings (SSSR count). The number of nitrogens with two attached hydrogens (primary N) is 1. The van der Waals surface area contributed by atoms with Gasteiger partial charge in [-0.2, -0.15) is 0 Å². The van der Waals surface area contributed by atoms with Crippen LogP contribution >= 0.6 is 0 Å². The zero-order valence-electron chi connectivity index (χ0n) is 9.20. The second-order valence-corrected chi connectivity index (χ2v) is 3.21. The summed E-state index contributed by atoms with van der Waals surface area (Å²) in [7, 11) is 0. The molecule has 0 saturated heterocycles. The Kier molecular flexibility index (Phi) is 4.90. The number of hydrogen-bond acceptors (Lipinski definition) is 3. The number of amidine groups is 1. The maximum atomic E-state index is 8.49. The Labute approximate surface area is 95.2 Å². The Morgan fingerprint density at radius 1 is 1.44 bits per heavy atom. The molecule has 16 heavy (non-hydrogen) atoms. The second kappa shape index (κ2) is 6.49. The third-order valence-corrected chi connectivity index (χ3v) is 2.08. The molecular formula is C12H15N3O. The SMILES string of the molecule is CC#CCNCc1ccc(/C(N)=N/O)cc1. The van der Waals surface area contributed by atoms with Crippen LogP contribution in [0.4, 0.5) is 0 Å². The van der Waals surface area contributed by atoms with E-state index in [0.717, 1.165) is 12.1 Å². The Bertz CT molecular complexity index is 412. The van der Waals surface area contributed by atoms with Crippen molar-refractivity contribution in [3.05, 3.63) is 35.4 Å². The fraction of sp³-hybridized carbons (Fsp3) is 0.250. The van der Waals surface area contributed by atoms with Crippen LogP contribution in [0.5, 0.6) is 0 Å². The van der Waals surface area contributed by atoms with Crippen LogP contribution in [0.2, 0.25) is 0 Å². The maximum Gasteiger partial charge on any atom is 0.170 e. The third kappa shape index (κ3) is 3.64. The molecule has 0 aliphatic heterocycles. The summed E-state index contributed by atoms with van der Waals surface area (Å²) in [5, 5.41) is 14.6. The topological polar surface area (TPSA) is 70.6 Å². The molecule has 0 unspecified atom stereocenters. The minimum Gasteiger partial charge on any atom is -0.409 e. The molecular weight excluding hydrogens is 202 g/mol. The highest BCUT2D eigenvalue weighted by molar-refractivity contribution is 5.96. The fourth-order valence-electron chi connectivity index (χ4n) is 1.21. The summed E-state index contributed by atoms with van der Waals surface area (Å²) in [6, 6.07) is 7.49. The molecule has 0 radical (unpaired) electrons. The van der Waals surface area contributed by atoms with E-state index in [1.54, 1.807) is 0 Å². The molecule has 84 valence electrons. The summed E-state index contributed by atoms with van der Waals surface area (Å²) < 4.78 is 0. The van der Waals surface area contributed by atoms with Crippen molar-refractivity contribution in [3.8, 4) is 11.8 Å². The largest absolute Gasteiger partial charge is 0.409 e. The number of rotatable bonds is 4. The van der Waals surface area contributed by atoms with E-state index >= 15 is 0 Å². The molecule has 0 heterocycles. The summed E-state index contributed by atoms with van der Waals surface area (Å²) in [6.07, 6.45) is 0. The Morgan fingerprint density at radius 3 is 2.69 bits per heavy atom. The summed E-state index contributed by atoms with van der Waals surface area (Å²) in [5.41, 5.74) is 7.29. The molecule has 0 aliphatic carbocycles. The van der Waals surface area contributed by atoms with Crippen molar-refractivity contribution >= 4 is 5.84 Å². The van der Waals surface area contributed by atoms with Crippen LogP contribution in [0.15, 0.2) is 29.4 Å². The van der Waals surface area contributed by atoms with Crippen LogP contribution in [0.1, 0.15) is 18.1 Å². The van der Waals surface area contributed by atoms with Crippen LogP contribution < -0.4 is 11.1 Å². The van der Waals surface area contributed by atoms with Gasteiger partial charge < -0.3 is 16.3 Å². The lowest BCUT2D eigenvalue weighted by molar-refractivity contribution is 0.318. The van der Waals surface area contributed by atoms with Gasteiger partial charge >= 0.3 is 0 Å². The molecule has 0 bridgehead atoms. The smallest absolute Gasteiger partial charge is 0.170 e. The van der Waals surface area contributed by atoms with Crippen molar-refractivity contribution in [1.29, 1.82) is 0 Å². The van der Waals surface area contributed by atoms with E-state index < -0.39 is 0 Å². The van der Waals surface area contributed by atoms with Gasteiger partial charge in [0.05, 0.1) is 6.54 Å². The molecule has 0 amide bonds. The van der Waals surface area contributed by atoms with Gasteiger partial charge in [0.25, 0.3) is 0 Å². The van der Waals surface area contributed by atoms with E-state index in [2.05, 4.69) is 22.3 Å². The number of oxime groups is 1. The molecule has 4 heteroatoms. The Morgan fingerprint density at radius 2 is 2.12 bits per heavy atom. The molecule has 0 atom stereocenters. The van der Waals surface area contributed by atoms with Crippen LogP contribution in [0.3, 0.4) is 0 Å². The van der Waals surface area contributed by atoms with Gasteiger partial charge in [-0.15, -0.1) is 5.92 Å². The highest BCUT2D eigenvalue weighted by Gasteiger charge is 1.98. The summed E-state index contributed by atoms with van der Waals surface area (Å²) in [4.78, 5) is 0. The Hall–Kier alpha value is -1.99. The molecule has 1 aromatic carbocycles. The standard InChI is InChI=1S/C12H15N3O/c1-2-3-8-14-9-10-4-6-11(7-5-10)12(13)15-16/h4-7,14,16H,8-9H2,1H3,(H2,13,15). The minimum atomic E-state index is 0.122. The first-order valence-corrected chi connectivity index (χ1v) is 4.95. The van der Waals surface area contributed by atoms with Gasteiger partial charge in [-0.3, -0.25) is 0 Å². The van der Waals surface area contributed by atoms with E-state index in [1.165, 1.54) is 0 Å². The molecule has 0 aliphatic rings. The van der Waals surface area contributed by atoms with Gasteiger partial charge in [-0.25, -0.2) is 0 Å². The predicted molar refractivity (Wildman–Crippen MR) is 64.1 cm³/mol. The second-order valence-electron chi connectivity index (χ2n) is 3.21. The first-order valence-electron chi connectivity index (χ1n) is 4.95. The average molecular weight is 217 g/mol. The first-order chi connectivity index (χ1) is 7.77. The summed E-state index contributed by atoms with van der Waals surface area (Å²) >= 11 is 0. The quantitative estimate of drug-likeness (QED) is 0.175. The lowest BCUT2D eigenvalue weighted by Crippen LogP contribution is -2.15. The molecule has 1 aromatic rings. The molecule has 0 aromatic heterocycles. The lowest BCUT2D eigenvalue weighted by atomic mass is 10.1. The molecule has 4 nitrogen and oxygen atoms in total. The van der Waals surface area contributed by atoms with Crippen molar-refractivity contribution in [2.45, 2.75) is 13.5 Å². The molecule has 0 spiro atoms. The zero-order valence-corrected chi connectivity index (χ0v) is 9.20. The lowest BCUT2D eigenvalue weighted by Gasteiger charge is -2.03. The monoisotopic (exact) mass is 217 g/mol. The van der Waals surface area contributed by atoms with E-state index in [1.807, 2.05) is 31.2 Å². The fourth-order valence-corrected chi connectivity index (χ4v) is 1.21. The van der Waals surface area contributed by atoms with Crippen molar-refractivity contribution in [2.75, 3.05) is 6.54 Å². The van der Waals surface area contributed by atoms with Crippen molar-refractivity contribution in [1.82, 2.24) is 5.32 Å². The van der Waals surface area contributed by atoms with Gasteiger partial charge in [0.15, 0.2) is 5.84 Å². The predicted octanol–water partition coefficient (Wildman–Crippen LogP) is 0.894. The third-order valence-electron chi connectivity index (χ3n) is 2.08. The van der Waals surface area contributed by atoms with Crippen molar-refractivity contribution in [3.63, 3.8) is 0 Å². The van der Waals surface area contributed by atoms with Gasteiger partial charge in [0.1, 0.15) is 0 Å². The molecule has 4 N–H and O–H groups in total. The molecule has 0 saturated carbocycles. The molecule has 0 fully saturated rings. The van der Waals surface area contributed by atoms with E-state index in [0.29, 0.717) is 12.1 Å². The minimum absolute atomic E-state index is 0.122. The van der Waals surface area contributed by atoms with E-state index in [4.69, 9.17) is 10.9 Å². The van der Waals surface area contributed by atoms with Gasteiger partial charge in [-0.1, -0.05) is 35.3 Å². The van der Waals surface area contributed by atoms with Crippen LogP contribution in [0, 0.1) is 11.8 Å². The van der Waals surface area contributed by atoms with Gasteiger partial charge in [-0.05, 0) is 12.5 Å². The van der Waals surface area contributed by atoms with Crippen molar-refractivity contribution in [2.24, 2.45) is 10.9 Å². The van der Waals surface area contributed by atoms with Gasteiger partial charge in [0.2, 0.25) is 0 Å². The van der Waals surface area contributed by atoms with Crippen LogP contribution in [0.25, 0.3) is 0 Å². The first kappa shape index (κ1) is 12.1. The number of benzene rings is 1. The summed E-state index contributed by atoms with van der Waals surface area (Å²) in [5.74, 6) is 5.86. The van der Waals surface area contributed by atoms with Gasteiger partial charge in [0, 0.05) is 12.1 Å². The number of nitrogens with zero attached hydrogens (tertiary/aromatic N) is 1. The maximum absolute atomic E-state index is 8.49. The number of hydrogen-bond donors (Lipinski definition) is 3.